The maximum Gasteiger partial charge on any atom is 0.124 e. The van der Waals surface area contributed by atoms with Crippen molar-refractivity contribution in [3.05, 3.63) is 64.1 Å². The number of nitrogens with two attached hydrogens (primary N) is 1. The highest BCUT2D eigenvalue weighted by Crippen LogP contribution is 2.19. The van der Waals surface area contributed by atoms with Crippen LogP contribution >= 0.6 is 15.9 Å². The molecule has 2 aromatic rings. The van der Waals surface area contributed by atoms with Crippen LogP contribution in [0.5, 0.6) is 5.75 Å². The number of hydrogen-bond donors (Lipinski definition) is 1. The topological polar surface area (TPSA) is 35.2 Å². The van der Waals surface area contributed by atoms with E-state index in [4.69, 9.17) is 10.5 Å². The number of para-hydroxylation sites is 1. The van der Waals surface area contributed by atoms with Gasteiger partial charge in [0.2, 0.25) is 0 Å². The monoisotopic (exact) mass is 291 g/mol. The molecular weight excluding hydrogens is 278 g/mol. The van der Waals surface area contributed by atoms with Crippen LogP contribution in [-0.2, 0) is 13.2 Å². The Morgan fingerprint density at radius 1 is 1.06 bits per heavy atom. The van der Waals surface area contributed by atoms with E-state index < -0.39 is 0 Å². The molecule has 88 valence electrons. The SMILES string of the molecule is NCc1ccccc1OCc1cccc(Br)c1. The van der Waals surface area contributed by atoms with Crippen LogP contribution in [0.2, 0.25) is 0 Å². The Morgan fingerprint density at radius 3 is 2.65 bits per heavy atom. The number of ether oxygens (including phenoxy) is 1. The summed E-state index contributed by atoms with van der Waals surface area (Å²) >= 11 is 3.44. The van der Waals surface area contributed by atoms with Gasteiger partial charge in [-0.2, -0.15) is 0 Å². The average Bonchev–Trinajstić information content (AvgIpc) is 2.37. The molecule has 0 saturated carbocycles. The standard InChI is InChI=1S/C14H14BrNO/c15-13-6-3-4-11(8-13)10-17-14-7-2-1-5-12(14)9-16/h1-8H,9-10,16H2. The molecule has 0 amide bonds. The molecule has 2 aromatic carbocycles. The summed E-state index contributed by atoms with van der Waals surface area (Å²) in [5.74, 6) is 0.856. The predicted molar refractivity (Wildman–Crippen MR) is 72.8 cm³/mol. The third-order valence-electron chi connectivity index (χ3n) is 2.48. The van der Waals surface area contributed by atoms with Crippen molar-refractivity contribution in [2.24, 2.45) is 5.73 Å². The molecule has 2 nitrogen and oxygen atoms in total. The van der Waals surface area contributed by atoms with Gasteiger partial charge in [0, 0.05) is 16.6 Å². The van der Waals surface area contributed by atoms with E-state index in [1.54, 1.807) is 0 Å². The summed E-state index contributed by atoms with van der Waals surface area (Å²) in [6.07, 6.45) is 0. The first-order valence-electron chi connectivity index (χ1n) is 5.45. The smallest absolute Gasteiger partial charge is 0.124 e. The molecule has 0 heterocycles. The van der Waals surface area contributed by atoms with E-state index in [1.807, 2.05) is 48.5 Å². The minimum absolute atomic E-state index is 0.495. The second-order valence-corrected chi connectivity index (χ2v) is 4.65. The van der Waals surface area contributed by atoms with Gasteiger partial charge in [0.1, 0.15) is 12.4 Å². The molecule has 0 saturated heterocycles. The van der Waals surface area contributed by atoms with Crippen LogP contribution in [0, 0.1) is 0 Å². The number of rotatable bonds is 4. The Labute approximate surface area is 110 Å². The van der Waals surface area contributed by atoms with Crippen molar-refractivity contribution in [3.63, 3.8) is 0 Å². The Balaban J connectivity index is 2.07. The molecule has 0 aliphatic rings. The second kappa shape index (κ2) is 5.84. The first-order valence-corrected chi connectivity index (χ1v) is 6.24. The highest BCUT2D eigenvalue weighted by molar-refractivity contribution is 9.10. The Hall–Kier alpha value is -1.32. The van der Waals surface area contributed by atoms with Crippen molar-refractivity contribution in [2.75, 3.05) is 0 Å². The Kier molecular flexibility index (Phi) is 4.18. The van der Waals surface area contributed by atoms with Crippen molar-refractivity contribution < 1.29 is 4.74 Å². The van der Waals surface area contributed by atoms with Crippen LogP contribution in [0.3, 0.4) is 0 Å². The highest BCUT2D eigenvalue weighted by Gasteiger charge is 2.01. The summed E-state index contributed by atoms with van der Waals surface area (Å²) in [7, 11) is 0. The molecule has 0 atom stereocenters. The normalized spacial score (nSPS) is 10.2. The molecule has 0 spiro atoms. The third-order valence-corrected chi connectivity index (χ3v) is 2.97. The van der Waals surface area contributed by atoms with Gasteiger partial charge in [-0.3, -0.25) is 0 Å². The van der Waals surface area contributed by atoms with Gasteiger partial charge in [0.15, 0.2) is 0 Å². The van der Waals surface area contributed by atoms with Crippen molar-refractivity contribution >= 4 is 15.9 Å². The lowest BCUT2D eigenvalue weighted by Crippen LogP contribution is -2.02. The van der Waals surface area contributed by atoms with Gasteiger partial charge in [-0.15, -0.1) is 0 Å². The van der Waals surface area contributed by atoms with Crippen LogP contribution in [0.25, 0.3) is 0 Å². The first-order chi connectivity index (χ1) is 8.29. The molecule has 0 aliphatic carbocycles. The minimum Gasteiger partial charge on any atom is -0.489 e. The molecule has 0 fully saturated rings. The van der Waals surface area contributed by atoms with Gasteiger partial charge in [-0.25, -0.2) is 0 Å². The number of benzene rings is 2. The molecule has 3 heteroatoms. The summed E-state index contributed by atoms with van der Waals surface area (Å²) in [6.45, 7) is 1.05. The molecule has 2 N–H and O–H groups in total. The lowest BCUT2D eigenvalue weighted by Gasteiger charge is -2.10. The van der Waals surface area contributed by atoms with Crippen molar-refractivity contribution in [1.82, 2.24) is 0 Å². The average molecular weight is 292 g/mol. The Morgan fingerprint density at radius 2 is 1.88 bits per heavy atom. The quantitative estimate of drug-likeness (QED) is 0.936. The highest BCUT2D eigenvalue weighted by atomic mass is 79.9. The van der Waals surface area contributed by atoms with Gasteiger partial charge in [-0.05, 0) is 23.8 Å². The predicted octanol–water partition coefficient (Wildman–Crippen LogP) is 3.49. The van der Waals surface area contributed by atoms with E-state index in [9.17, 15) is 0 Å². The first kappa shape index (κ1) is 12.1. The van der Waals surface area contributed by atoms with Gasteiger partial charge < -0.3 is 10.5 Å². The third kappa shape index (κ3) is 3.32. The van der Waals surface area contributed by atoms with E-state index >= 15 is 0 Å². The van der Waals surface area contributed by atoms with Gasteiger partial charge in [-0.1, -0.05) is 46.3 Å². The van der Waals surface area contributed by atoms with Crippen molar-refractivity contribution in [2.45, 2.75) is 13.2 Å². The van der Waals surface area contributed by atoms with Crippen molar-refractivity contribution in [3.8, 4) is 5.75 Å². The summed E-state index contributed by atoms with van der Waals surface area (Å²) in [5.41, 5.74) is 7.82. The molecule has 0 aliphatic heterocycles. The van der Waals surface area contributed by atoms with Crippen molar-refractivity contribution in [1.29, 1.82) is 0 Å². The maximum absolute atomic E-state index is 5.77. The van der Waals surface area contributed by atoms with E-state index in [0.29, 0.717) is 13.2 Å². The van der Waals surface area contributed by atoms with Crippen LogP contribution in [0.1, 0.15) is 11.1 Å². The van der Waals surface area contributed by atoms with Gasteiger partial charge in [0.05, 0.1) is 0 Å². The second-order valence-electron chi connectivity index (χ2n) is 3.73. The molecule has 0 radical (unpaired) electrons. The largest absolute Gasteiger partial charge is 0.489 e. The zero-order valence-corrected chi connectivity index (χ0v) is 11.0. The minimum atomic E-state index is 0.495. The van der Waals surface area contributed by atoms with E-state index in [1.165, 1.54) is 0 Å². The number of hydrogen-bond acceptors (Lipinski definition) is 2. The summed E-state index contributed by atoms with van der Waals surface area (Å²) in [4.78, 5) is 0. The van der Waals surface area contributed by atoms with Crippen LogP contribution in [0.15, 0.2) is 53.0 Å². The van der Waals surface area contributed by atoms with Crippen LogP contribution < -0.4 is 10.5 Å². The fraction of sp³-hybridized carbons (Fsp3) is 0.143. The zero-order chi connectivity index (χ0) is 12.1. The lowest BCUT2D eigenvalue weighted by molar-refractivity contribution is 0.303. The zero-order valence-electron chi connectivity index (χ0n) is 9.40. The molecular formula is C14H14BrNO. The lowest BCUT2D eigenvalue weighted by atomic mass is 10.2. The van der Waals surface area contributed by atoms with Gasteiger partial charge in [0.25, 0.3) is 0 Å². The fourth-order valence-electron chi connectivity index (χ4n) is 1.60. The molecule has 2 rings (SSSR count). The van der Waals surface area contributed by atoms with Crippen LogP contribution in [0.4, 0.5) is 0 Å². The summed E-state index contributed by atoms with van der Waals surface area (Å²) < 4.78 is 6.83. The fourth-order valence-corrected chi connectivity index (χ4v) is 2.05. The maximum atomic E-state index is 5.77. The molecule has 0 aromatic heterocycles. The molecule has 0 unspecified atom stereocenters. The van der Waals surface area contributed by atoms with E-state index in [-0.39, 0.29) is 0 Å². The summed E-state index contributed by atoms with van der Waals surface area (Å²) in [5, 5.41) is 0. The van der Waals surface area contributed by atoms with Crippen LogP contribution in [-0.4, -0.2) is 0 Å². The summed E-state index contributed by atoms with van der Waals surface area (Å²) in [6, 6.07) is 15.9. The van der Waals surface area contributed by atoms with E-state index in [0.717, 1.165) is 21.3 Å². The number of halogens is 1. The Bertz CT molecular complexity index is 499. The molecule has 0 bridgehead atoms. The van der Waals surface area contributed by atoms with E-state index in [2.05, 4.69) is 15.9 Å². The van der Waals surface area contributed by atoms with Gasteiger partial charge >= 0.3 is 0 Å². The molecule has 17 heavy (non-hydrogen) atoms.